The van der Waals surface area contributed by atoms with Gasteiger partial charge in [-0.25, -0.2) is 5.43 Å². The molecular formula is C28H39ClN2O2. The van der Waals surface area contributed by atoms with Gasteiger partial charge < -0.3 is 4.74 Å². The first-order chi connectivity index (χ1) is 16.2. The molecule has 2 aromatic rings. The van der Waals surface area contributed by atoms with Crippen LogP contribution in [-0.2, 0) is 11.4 Å². The SMILES string of the molecule is CCCCCCCCCCCCCC(=O)NN=Cc1cccc(OCc2ccc(Cl)cc2)c1. The summed E-state index contributed by atoms with van der Waals surface area (Å²) in [6, 6.07) is 15.2. The molecular weight excluding hydrogens is 432 g/mol. The van der Waals surface area contributed by atoms with Crippen LogP contribution in [0.2, 0.25) is 5.02 Å². The number of carbonyl (C=O) groups is 1. The lowest BCUT2D eigenvalue weighted by Crippen LogP contribution is -2.16. The summed E-state index contributed by atoms with van der Waals surface area (Å²) in [4.78, 5) is 12.0. The number of halogens is 1. The summed E-state index contributed by atoms with van der Waals surface area (Å²) in [5, 5.41) is 4.80. The highest BCUT2D eigenvalue weighted by Crippen LogP contribution is 2.16. The maximum absolute atomic E-state index is 12.0. The van der Waals surface area contributed by atoms with Crippen molar-refractivity contribution in [2.24, 2.45) is 5.10 Å². The fraction of sp³-hybridized carbons (Fsp3) is 0.500. The lowest BCUT2D eigenvalue weighted by atomic mass is 10.1. The molecule has 0 aliphatic heterocycles. The summed E-state index contributed by atoms with van der Waals surface area (Å²) in [6.07, 6.45) is 16.2. The van der Waals surface area contributed by atoms with Crippen LogP contribution in [0.3, 0.4) is 0 Å². The van der Waals surface area contributed by atoms with Gasteiger partial charge in [0.05, 0.1) is 6.21 Å². The van der Waals surface area contributed by atoms with Gasteiger partial charge in [-0.2, -0.15) is 5.10 Å². The molecule has 0 unspecified atom stereocenters. The second-order valence-corrected chi connectivity index (χ2v) is 9.00. The molecule has 33 heavy (non-hydrogen) atoms. The number of hydrazone groups is 1. The zero-order valence-corrected chi connectivity index (χ0v) is 20.8. The summed E-state index contributed by atoms with van der Waals surface area (Å²) < 4.78 is 5.83. The second-order valence-electron chi connectivity index (χ2n) is 8.57. The minimum absolute atomic E-state index is 0.0303. The van der Waals surface area contributed by atoms with Crippen molar-refractivity contribution in [3.05, 3.63) is 64.7 Å². The quantitative estimate of drug-likeness (QED) is 0.144. The number of amides is 1. The zero-order chi connectivity index (χ0) is 23.6. The van der Waals surface area contributed by atoms with Crippen LogP contribution in [0.25, 0.3) is 0 Å². The van der Waals surface area contributed by atoms with Crippen molar-refractivity contribution < 1.29 is 9.53 Å². The van der Waals surface area contributed by atoms with Crippen LogP contribution < -0.4 is 10.2 Å². The first-order valence-corrected chi connectivity index (χ1v) is 12.8. The van der Waals surface area contributed by atoms with E-state index in [2.05, 4.69) is 17.5 Å². The highest BCUT2D eigenvalue weighted by molar-refractivity contribution is 6.30. The van der Waals surface area contributed by atoms with Gasteiger partial charge in [-0.15, -0.1) is 0 Å². The average Bonchev–Trinajstić information content (AvgIpc) is 2.82. The van der Waals surface area contributed by atoms with Crippen molar-refractivity contribution in [2.45, 2.75) is 90.6 Å². The molecule has 4 nitrogen and oxygen atoms in total. The molecule has 2 aromatic carbocycles. The molecule has 0 aliphatic rings. The van der Waals surface area contributed by atoms with Gasteiger partial charge in [0.25, 0.3) is 0 Å². The number of rotatable bonds is 17. The Labute approximate surface area is 204 Å². The fourth-order valence-corrected chi connectivity index (χ4v) is 3.74. The summed E-state index contributed by atoms with van der Waals surface area (Å²) in [5.41, 5.74) is 4.55. The smallest absolute Gasteiger partial charge is 0.240 e. The number of hydrogen-bond donors (Lipinski definition) is 1. The van der Waals surface area contributed by atoms with Gasteiger partial charge in [-0.05, 0) is 41.8 Å². The minimum Gasteiger partial charge on any atom is -0.489 e. The topological polar surface area (TPSA) is 50.7 Å². The van der Waals surface area contributed by atoms with Gasteiger partial charge in [-0.3, -0.25) is 4.79 Å². The number of carbonyl (C=O) groups excluding carboxylic acids is 1. The predicted octanol–water partition coefficient (Wildman–Crippen LogP) is 8.07. The second kappa shape index (κ2) is 17.2. The van der Waals surface area contributed by atoms with E-state index in [4.69, 9.17) is 16.3 Å². The molecule has 0 spiro atoms. The Morgan fingerprint density at radius 3 is 2.21 bits per heavy atom. The maximum Gasteiger partial charge on any atom is 0.240 e. The molecule has 0 aromatic heterocycles. The number of unbranched alkanes of at least 4 members (excludes halogenated alkanes) is 10. The van der Waals surface area contributed by atoms with Crippen LogP contribution >= 0.6 is 11.6 Å². The van der Waals surface area contributed by atoms with Gasteiger partial charge in [0, 0.05) is 11.4 Å². The fourth-order valence-electron chi connectivity index (χ4n) is 3.62. The predicted molar refractivity (Wildman–Crippen MR) is 139 cm³/mol. The van der Waals surface area contributed by atoms with Gasteiger partial charge >= 0.3 is 0 Å². The van der Waals surface area contributed by atoms with E-state index in [9.17, 15) is 4.79 Å². The summed E-state index contributed by atoms with van der Waals surface area (Å²) in [6.45, 7) is 2.72. The molecule has 0 saturated heterocycles. The van der Waals surface area contributed by atoms with Crippen molar-refractivity contribution in [3.63, 3.8) is 0 Å². The van der Waals surface area contributed by atoms with Crippen molar-refractivity contribution in [3.8, 4) is 5.75 Å². The van der Waals surface area contributed by atoms with Gasteiger partial charge in [0.2, 0.25) is 5.91 Å². The molecule has 1 amide bonds. The molecule has 180 valence electrons. The van der Waals surface area contributed by atoms with Crippen LogP contribution in [-0.4, -0.2) is 12.1 Å². The van der Waals surface area contributed by atoms with E-state index in [0.29, 0.717) is 18.1 Å². The third-order valence-electron chi connectivity index (χ3n) is 5.59. The van der Waals surface area contributed by atoms with Crippen molar-refractivity contribution >= 4 is 23.7 Å². The first-order valence-electron chi connectivity index (χ1n) is 12.5. The molecule has 0 atom stereocenters. The Hall–Kier alpha value is -2.33. The minimum atomic E-state index is -0.0303. The van der Waals surface area contributed by atoms with Crippen molar-refractivity contribution in [1.29, 1.82) is 0 Å². The monoisotopic (exact) mass is 470 g/mol. The van der Waals surface area contributed by atoms with E-state index in [-0.39, 0.29) is 5.91 Å². The Morgan fingerprint density at radius 1 is 0.909 bits per heavy atom. The normalized spacial score (nSPS) is 11.1. The Bertz CT molecular complexity index is 821. The zero-order valence-electron chi connectivity index (χ0n) is 20.0. The molecule has 0 heterocycles. The van der Waals surface area contributed by atoms with Crippen LogP contribution in [0.5, 0.6) is 5.75 Å². The highest BCUT2D eigenvalue weighted by Gasteiger charge is 2.01. The molecule has 0 bridgehead atoms. The number of nitrogens with zero attached hydrogens (tertiary/aromatic N) is 1. The Kier molecular flexibility index (Phi) is 14.0. The van der Waals surface area contributed by atoms with Crippen LogP contribution in [0.1, 0.15) is 95.1 Å². The van der Waals surface area contributed by atoms with E-state index < -0.39 is 0 Å². The first kappa shape index (κ1) is 26.9. The third kappa shape index (κ3) is 13.1. The van der Waals surface area contributed by atoms with Crippen molar-refractivity contribution in [2.75, 3.05) is 0 Å². The standard InChI is InChI=1S/C28H39ClN2O2/c1-2-3-4-5-6-7-8-9-10-11-12-16-28(32)31-30-22-25-14-13-15-27(21-25)33-23-24-17-19-26(29)20-18-24/h13-15,17-22H,2-12,16,23H2,1H3,(H,31,32). The van der Waals surface area contributed by atoms with Crippen LogP contribution in [0, 0.1) is 0 Å². The molecule has 1 N–H and O–H groups in total. The molecule has 0 fully saturated rings. The maximum atomic E-state index is 12.0. The molecule has 5 heteroatoms. The summed E-state index contributed by atoms with van der Waals surface area (Å²) in [5.74, 6) is 0.721. The lowest BCUT2D eigenvalue weighted by Gasteiger charge is -2.07. The van der Waals surface area contributed by atoms with E-state index in [1.165, 1.54) is 57.8 Å². The lowest BCUT2D eigenvalue weighted by molar-refractivity contribution is -0.121. The van der Waals surface area contributed by atoms with Gasteiger partial charge in [0.15, 0.2) is 0 Å². The van der Waals surface area contributed by atoms with E-state index in [0.717, 1.165) is 29.7 Å². The number of hydrogen-bond acceptors (Lipinski definition) is 3. The largest absolute Gasteiger partial charge is 0.489 e. The summed E-state index contributed by atoms with van der Waals surface area (Å²) >= 11 is 5.91. The number of nitrogens with one attached hydrogen (secondary N) is 1. The highest BCUT2D eigenvalue weighted by atomic mass is 35.5. The van der Waals surface area contributed by atoms with Crippen LogP contribution in [0.4, 0.5) is 0 Å². The van der Waals surface area contributed by atoms with E-state index in [1.807, 2.05) is 48.5 Å². The average molecular weight is 471 g/mol. The van der Waals surface area contributed by atoms with E-state index in [1.54, 1.807) is 6.21 Å². The Balaban J connectivity index is 1.54. The molecule has 0 saturated carbocycles. The summed E-state index contributed by atoms with van der Waals surface area (Å²) in [7, 11) is 0. The van der Waals surface area contributed by atoms with Crippen LogP contribution in [0.15, 0.2) is 53.6 Å². The Morgan fingerprint density at radius 2 is 1.55 bits per heavy atom. The number of benzene rings is 2. The van der Waals surface area contributed by atoms with E-state index >= 15 is 0 Å². The van der Waals surface area contributed by atoms with Crippen molar-refractivity contribution in [1.82, 2.24) is 5.43 Å². The van der Waals surface area contributed by atoms with Gasteiger partial charge in [0.1, 0.15) is 12.4 Å². The molecule has 0 radical (unpaired) electrons. The number of ether oxygens (including phenoxy) is 1. The molecule has 2 rings (SSSR count). The van der Waals surface area contributed by atoms with Gasteiger partial charge in [-0.1, -0.05) is 107 Å². The third-order valence-corrected chi connectivity index (χ3v) is 5.84. The molecule has 0 aliphatic carbocycles.